The van der Waals surface area contributed by atoms with E-state index in [0.717, 1.165) is 21.5 Å². The lowest BCUT2D eigenvalue weighted by Crippen LogP contribution is -1.82. The van der Waals surface area contributed by atoms with Crippen molar-refractivity contribution in [3.8, 4) is 0 Å². The molecule has 4 aromatic rings. The van der Waals surface area contributed by atoms with Crippen LogP contribution in [-0.4, -0.2) is 4.98 Å². The molecule has 0 saturated carbocycles. The molecular weight excluding hydrogens is 452 g/mol. The summed E-state index contributed by atoms with van der Waals surface area (Å²) in [4.78, 5) is 3.37. The topological polar surface area (TPSA) is 40.5 Å². The predicted octanol–water partition coefficient (Wildman–Crippen LogP) is 8.97. The van der Waals surface area contributed by atoms with Gasteiger partial charge in [0.15, 0.2) is 0 Å². The Hall–Kier alpha value is -2.05. The van der Waals surface area contributed by atoms with E-state index in [1.54, 1.807) is 36.0 Å². The van der Waals surface area contributed by atoms with Gasteiger partial charge in [-0.15, -0.1) is 22.0 Å². The van der Waals surface area contributed by atoms with Gasteiger partial charge in [-0.05, 0) is 35.9 Å². The molecule has 0 unspecified atom stereocenters. The summed E-state index contributed by atoms with van der Waals surface area (Å²) in [6.45, 7) is 0. The molecule has 146 valence electrons. The standard InChI is InChI=1S/C21H13Cl3FN3S/c22-13-9-16(23)20(17(24)10-13)28-27-19-15-3-1-2-4-18(15)26-21(19)29-11-12-5-7-14(25)8-6-12/h1-10,26H,11H2. The van der Waals surface area contributed by atoms with Crippen LogP contribution in [0.4, 0.5) is 15.8 Å². The summed E-state index contributed by atoms with van der Waals surface area (Å²) in [6, 6.07) is 17.4. The van der Waals surface area contributed by atoms with Crippen LogP contribution in [0.5, 0.6) is 0 Å². The Morgan fingerprint density at radius 3 is 2.24 bits per heavy atom. The van der Waals surface area contributed by atoms with Crippen LogP contribution in [0, 0.1) is 5.82 Å². The van der Waals surface area contributed by atoms with Gasteiger partial charge in [0.2, 0.25) is 0 Å². The number of benzene rings is 3. The molecule has 29 heavy (non-hydrogen) atoms. The van der Waals surface area contributed by atoms with Crippen molar-refractivity contribution in [2.75, 3.05) is 0 Å². The van der Waals surface area contributed by atoms with Gasteiger partial charge in [-0.3, -0.25) is 0 Å². The maximum atomic E-state index is 13.1. The normalized spacial score (nSPS) is 11.6. The number of aromatic nitrogens is 1. The van der Waals surface area contributed by atoms with E-state index in [9.17, 15) is 4.39 Å². The predicted molar refractivity (Wildman–Crippen MR) is 120 cm³/mol. The summed E-state index contributed by atoms with van der Waals surface area (Å²) in [5, 5.41) is 11.6. The molecule has 0 spiro atoms. The number of hydrogen-bond donors (Lipinski definition) is 1. The number of nitrogens with one attached hydrogen (secondary N) is 1. The van der Waals surface area contributed by atoms with Crippen molar-refractivity contribution >= 4 is 68.8 Å². The second-order valence-corrected chi connectivity index (χ2v) is 8.42. The number of aromatic amines is 1. The number of fused-ring (bicyclic) bond motifs is 1. The van der Waals surface area contributed by atoms with Crippen LogP contribution < -0.4 is 0 Å². The van der Waals surface area contributed by atoms with Gasteiger partial charge >= 0.3 is 0 Å². The Labute approximate surface area is 185 Å². The van der Waals surface area contributed by atoms with Crippen molar-refractivity contribution in [2.45, 2.75) is 10.8 Å². The molecular formula is C21H13Cl3FN3S. The van der Waals surface area contributed by atoms with Crippen molar-refractivity contribution in [3.63, 3.8) is 0 Å². The molecule has 0 atom stereocenters. The van der Waals surface area contributed by atoms with Crippen molar-refractivity contribution in [1.82, 2.24) is 4.98 Å². The Morgan fingerprint density at radius 2 is 1.52 bits per heavy atom. The van der Waals surface area contributed by atoms with Gasteiger partial charge in [-0.25, -0.2) is 4.39 Å². The Morgan fingerprint density at radius 1 is 0.862 bits per heavy atom. The lowest BCUT2D eigenvalue weighted by atomic mass is 10.2. The fourth-order valence-corrected chi connectivity index (χ4v) is 4.64. The second kappa shape index (κ2) is 8.76. The van der Waals surface area contributed by atoms with Crippen LogP contribution in [0.3, 0.4) is 0 Å². The van der Waals surface area contributed by atoms with Crippen LogP contribution in [0.25, 0.3) is 10.9 Å². The molecule has 0 fully saturated rings. The highest BCUT2D eigenvalue weighted by atomic mass is 35.5. The molecule has 0 aliphatic rings. The van der Waals surface area contributed by atoms with Gasteiger partial charge in [0.1, 0.15) is 22.2 Å². The molecule has 0 amide bonds. The highest BCUT2D eigenvalue weighted by molar-refractivity contribution is 7.98. The number of para-hydroxylation sites is 1. The number of hydrogen-bond acceptors (Lipinski definition) is 3. The number of thioether (sulfide) groups is 1. The molecule has 8 heteroatoms. The Kier molecular flexibility index (Phi) is 6.11. The smallest absolute Gasteiger partial charge is 0.125 e. The average Bonchev–Trinajstić information content (AvgIpc) is 3.04. The molecule has 1 N–H and O–H groups in total. The third-order valence-electron chi connectivity index (χ3n) is 4.17. The molecule has 4 rings (SSSR count). The van der Waals surface area contributed by atoms with Crippen molar-refractivity contribution in [3.05, 3.63) is 87.1 Å². The molecule has 1 heterocycles. The first-order valence-corrected chi connectivity index (χ1v) is 10.7. The van der Waals surface area contributed by atoms with Gasteiger partial charge in [0, 0.05) is 21.7 Å². The molecule has 0 bridgehead atoms. The van der Waals surface area contributed by atoms with E-state index in [-0.39, 0.29) is 5.82 Å². The third kappa shape index (κ3) is 4.59. The lowest BCUT2D eigenvalue weighted by Gasteiger charge is -2.03. The second-order valence-electron chi connectivity index (χ2n) is 6.18. The van der Waals surface area contributed by atoms with Gasteiger partial charge in [-0.1, -0.05) is 65.1 Å². The average molecular weight is 465 g/mol. The maximum Gasteiger partial charge on any atom is 0.125 e. The molecule has 0 aliphatic heterocycles. The van der Waals surface area contributed by atoms with E-state index in [0.29, 0.717) is 32.2 Å². The van der Waals surface area contributed by atoms with Crippen molar-refractivity contribution in [2.24, 2.45) is 10.2 Å². The maximum absolute atomic E-state index is 13.1. The van der Waals surface area contributed by atoms with E-state index in [2.05, 4.69) is 15.2 Å². The highest BCUT2D eigenvalue weighted by Gasteiger charge is 2.13. The number of H-pyrrole nitrogens is 1. The first-order valence-electron chi connectivity index (χ1n) is 8.55. The number of azo groups is 1. The van der Waals surface area contributed by atoms with Crippen molar-refractivity contribution < 1.29 is 4.39 Å². The van der Waals surface area contributed by atoms with Gasteiger partial charge in [-0.2, -0.15) is 0 Å². The fraction of sp³-hybridized carbons (Fsp3) is 0.0476. The van der Waals surface area contributed by atoms with Crippen LogP contribution in [-0.2, 0) is 5.75 Å². The Balaban J connectivity index is 1.69. The molecule has 0 aliphatic carbocycles. The molecule has 1 aromatic heterocycles. The van der Waals surface area contributed by atoms with Crippen LogP contribution in [0.15, 0.2) is 75.9 Å². The number of halogens is 4. The van der Waals surface area contributed by atoms with E-state index >= 15 is 0 Å². The lowest BCUT2D eigenvalue weighted by molar-refractivity contribution is 0.627. The van der Waals surface area contributed by atoms with E-state index in [1.165, 1.54) is 12.1 Å². The zero-order valence-electron chi connectivity index (χ0n) is 14.8. The molecule has 0 saturated heterocycles. The van der Waals surface area contributed by atoms with E-state index < -0.39 is 0 Å². The summed E-state index contributed by atoms with van der Waals surface area (Å²) >= 11 is 20.0. The largest absolute Gasteiger partial charge is 0.348 e. The summed E-state index contributed by atoms with van der Waals surface area (Å²) in [5.74, 6) is 0.397. The quantitative estimate of drug-likeness (QED) is 0.232. The SMILES string of the molecule is Fc1ccc(CSc2[nH]c3ccccc3c2N=Nc2c(Cl)cc(Cl)cc2Cl)cc1. The Bertz CT molecular complexity index is 1180. The first kappa shape index (κ1) is 20.2. The summed E-state index contributed by atoms with van der Waals surface area (Å²) in [7, 11) is 0. The van der Waals surface area contributed by atoms with E-state index in [1.807, 2.05) is 24.3 Å². The van der Waals surface area contributed by atoms with Crippen LogP contribution in [0.2, 0.25) is 15.1 Å². The number of rotatable bonds is 5. The minimum Gasteiger partial charge on any atom is -0.348 e. The third-order valence-corrected chi connectivity index (χ3v) is 6.03. The zero-order valence-corrected chi connectivity index (χ0v) is 17.9. The molecule has 0 radical (unpaired) electrons. The minimum atomic E-state index is -0.254. The monoisotopic (exact) mass is 463 g/mol. The van der Waals surface area contributed by atoms with E-state index in [4.69, 9.17) is 34.8 Å². The highest BCUT2D eigenvalue weighted by Crippen LogP contribution is 2.41. The van der Waals surface area contributed by atoms with Crippen molar-refractivity contribution in [1.29, 1.82) is 0 Å². The van der Waals surface area contributed by atoms with Crippen LogP contribution in [0.1, 0.15) is 5.56 Å². The minimum absolute atomic E-state index is 0.254. The summed E-state index contributed by atoms with van der Waals surface area (Å²) in [5.41, 5.74) is 2.99. The van der Waals surface area contributed by atoms with Crippen LogP contribution >= 0.6 is 46.6 Å². The molecule has 3 aromatic carbocycles. The number of nitrogens with zero attached hydrogens (tertiary/aromatic N) is 2. The first-order chi connectivity index (χ1) is 14.0. The van der Waals surface area contributed by atoms with Gasteiger partial charge < -0.3 is 4.98 Å². The van der Waals surface area contributed by atoms with Gasteiger partial charge in [0.05, 0.1) is 10.0 Å². The van der Waals surface area contributed by atoms with Gasteiger partial charge in [0.25, 0.3) is 0 Å². The zero-order chi connectivity index (χ0) is 20.4. The molecule has 3 nitrogen and oxygen atoms in total. The summed E-state index contributed by atoms with van der Waals surface area (Å²) < 4.78 is 13.1. The summed E-state index contributed by atoms with van der Waals surface area (Å²) in [6.07, 6.45) is 0. The fourth-order valence-electron chi connectivity index (χ4n) is 2.77.